The molecule has 0 aliphatic heterocycles. The molecule has 8 heteroatoms. The highest BCUT2D eigenvalue weighted by Crippen LogP contribution is 2.25. The van der Waals surface area contributed by atoms with Gasteiger partial charge >= 0.3 is 0 Å². The van der Waals surface area contributed by atoms with Crippen LogP contribution in [0, 0.1) is 13.8 Å². The van der Waals surface area contributed by atoms with Crippen molar-refractivity contribution in [2.75, 3.05) is 0 Å². The van der Waals surface area contributed by atoms with E-state index in [1.54, 1.807) is 6.92 Å². The van der Waals surface area contributed by atoms with Crippen molar-refractivity contribution in [3.05, 3.63) is 69.2 Å². The molecule has 3 heterocycles. The monoisotopic (exact) mass is 381 g/mol. The summed E-state index contributed by atoms with van der Waals surface area (Å²) in [5.74, 6) is 0.587. The zero-order valence-corrected chi connectivity index (χ0v) is 15.8. The van der Waals surface area contributed by atoms with Crippen LogP contribution in [-0.2, 0) is 5.75 Å². The Hall–Kier alpha value is -2.58. The van der Waals surface area contributed by atoms with E-state index in [1.807, 2.05) is 43.3 Å². The second-order valence-corrected chi connectivity index (χ2v) is 7.74. The Labute approximate surface area is 158 Å². The summed E-state index contributed by atoms with van der Waals surface area (Å²) in [5.41, 5.74) is 3.43. The molecule has 0 aliphatic rings. The van der Waals surface area contributed by atoms with Gasteiger partial charge in [-0.25, -0.2) is 15.0 Å². The van der Waals surface area contributed by atoms with E-state index in [4.69, 9.17) is 0 Å². The maximum absolute atomic E-state index is 12.0. The third kappa shape index (κ3) is 3.51. The lowest BCUT2D eigenvalue weighted by molar-refractivity contribution is 0.869. The molecule has 6 nitrogen and oxygen atoms in total. The van der Waals surface area contributed by atoms with Crippen molar-refractivity contribution in [2.24, 2.45) is 0 Å². The maximum Gasteiger partial charge on any atom is 0.275 e. The van der Waals surface area contributed by atoms with Gasteiger partial charge in [-0.15, -0.1) is 0 Å². The number of aromatic nitrogens is 5. The average Bonchev–Trinajstić information content (AvgIpc) is 3.03. The summed E-state index contributed by atoms with van der Waals surface area (Å²) < 4.78 is 1.35. The summed E-state index contributed by atoms with van der Waals surface area (Å²) in [6.45, 7) is 3.77. The zero-order chi connectivity index (χ0) is 18.1. The second kappa shape index (κ2) is 6.97. The SMILES string of the molecule is Cc1cc(-c2ccccc2)nc(SCc2nn3c(=O)cc(C)nc3s2)n1. The predicted molar refractivity (Wildman–Crippen MR) is 104 cm³/mol. The molecule has 0 bridgehead atoms. The van der Waals surface area contributed by atoms with Gasteiger partial charge in [0.2, 0.25) is 4.96 Å². The molecule has 0 unspecified atom stereocenters. The Kier molecular flexibility index (Phi) is 4.52. The zero-order valence-electron chi connectivity index (χ0n) is 14.2. The fourth-order valence-electron chi connectivity index (χ4n) is 2.51. The number of benzene rings is 1. The number of nitrogens with zero attached hydrogens (tertiary/aromatic N) is 5. The molecule has 4 rings (SSSR count). The van der Waals surface area contributed by atoms with E-state index in [-0.39, 0.29) is 5.56 Å². The van der Waals surface area contributed by atoms with E-state index in [0.29, 0.717) is 21.6 Å². The summed E-state index contributed by atoms with van der Waals surface area (Å²) in [6, 6.07) is 13.5. The van der Waals surface area contributed by atoms with Crippen LogP contribution in [0.3, 0.4) is 0 Å². The van der Waals surface area contributed by atoms with Crippen molar-refractivity contribution >= 4 is 28.1 Å². The molecule has 0 N–H and O–H groups in total. The van der Waals surface area contributed by atoms with E-state index < -0.39 is 0 Å². The van der Waals surface area contributed by atoms with Crippen LogP contribution in [-0.4, -0.2) is 24.6 Å². The molecule has 0 spiro atoms. The lowest BCUT2D eigenvalue weighted by Crippen LogP contribution is -2.14. The van der Waals surface area contributed by atoms with Gasteiger partial charge in [-0.3, -0.25) is 4.79 Å². The van der Waals surface area contributed by atoms with Gasteiger partial charge in [-0.05, 0) is 19.9 Å². The van der Waals surface area contributed by atoms with E-state index >= 15 is 0 Å². The number of aryl methyl sites for hydroxylation is 2. The molecule has 0 fully saturated rings. The van der Waals surface area contributed by atoms with Gasteiger partial charge in [-0.1, -0.05) is 53.4 Å². The summed E-state index contributed by atoms with van der Waals surface area (Å²) in [6.07, 6.45) is 0. The Morgan fingerprint density at radius 3 is 2.62 bits per heavy atom. The van der Waals surface area contributed by atoms with E-state index in [9.17, 15) is 4.79 Å². The molecule has 3 aromatic heterocycles. The normalized spacial score (nSPS) is 11.2. The Balaban J connectivity index is 1.59. The lowest BCUT2D eigenvalue weighted by Gasteiger charge is -2.05. The Morgan fingerprint density at radius 1 is 1.04 bits per heavy atom. The first kappa shape index (κ1) is 16.9. The fraction of sp³-hybridized carbons (Fsp3) is 0.167. The topological polar surface area (TPSA) is 73.0 Å². The van der Waals surface area contributed by atoms with Crippen molar-refractivity contribution in [1.82, 2.24) is 24.6 Å². The third-order valence-corrected chi connectivity index (χ3v) is 5.59. The van der Waals surface area contributed by atoms with E-state index in [0.717, 1.165) is 22.0 Å². The molecular weight excluding hydrogens is 366 g/mol. The highest BCUT2D eigenvalue weighted by molar-refractivity contribution is 7.98. The number of hydrogen-bond acceptors (Lipinski definition) is 7. The fourth-order valence-corrected chi connectivity index (χ4v) is 4.34. The second-order valence-electron chi connectivity index (χ2n) is 5.76. The summed E-state index contributed by atoms with van der Waals surface area (Å²) in [7, 11) is 0. The molecule has 130 valence electrons. The summed E-state index contributed by atoms with van der Waals surface area (Å²) in [5, 5.41) is 5.87. The van der Waals surface area contributed by atoms with Gasteiger partial charge in [0.15, 0.2) is 5.16 Å². The van der Waals surface area contributed by atoms with Gasteiger partial charge in [0.1, 0.15) is 5.01 Å². The minimum Gasteiger partial charge on any atom is -0.267 e. The van der Waals surface area contributed by atoms with E-state index in [2.05, 4.69) is 20.1 Å². The lowest BCUT2D eigenvalue weighted by atomic mass is 10.1. The summed E-state index contributed by atoms with van der Waals surface area (Å²) in [4.78, 5) is 26.1. The summed E-state index contributed by atoms with van der Waals surface area (Å²) >= 11 is 2.92. The molecular formula is C18H15N5OS2. The Morgan fingerprint density at radius 2 is 1.81 bits per heavy atom. The molecule has 0 radical (unpaired) electrons. The Bertz CT molecular complexity index is 1140. The molecule has 0 atom stereocenters. The van der Waals surface area contributed by atoms with Crippen molar-refractivity contribution < 1.29 is 0 Å². The van der Waals surface area contributed by atoms with Gasteiger partial charge in [0.05, 0.1) is 11.4 Å². The largest absolute Gasteiger partial charge is 0.275 e. The number of thioether (sulfide) groups is 1. The molecule has 26 heavy (non-hydrogen) atoms. The minimum atomic E-state index is -0.154. The molecule has 0 saturated heterocycles. The molecule has 0 amide bonds. The van der Waals surface area contributed by atoms with Crippen molar-refractivity contribution in [2.45, 2.75) is 24.8 Å². The number of rotatable bonds is 4. The highest BCUT2D eigenvalue weighted by atomic mass is 32.2. The van der Waals surface area contributed by atoms with Crippen LogP contribution in [0.2, 0.25) is 0 Å². The van der Waals surface area contributed by atoms with Gasteiger partial charge in [0, 0.05) is 23.0 Å². The van der Waals surface area contributed by atoms with Gasteiger partial charge in [-0.2, -0.15) is 9.61 Å². The van der Waals surface area contributed by atoms with Crippen LogP contribution in [0.4, 0.5) is 0 Å². The maximum atomic E-state index is 12.0. The van der Waals surface area contributed by atoms with Crippen molar-refractivity contribution in [3.63, 3.8) is 0 Å². The van der Waals surface area contributed by atoms with Crippen LogP contribution >= 0.6 is 23.1 Å². The minimum absolute atomic E-state index is 0.154. The van der Waals surface area contributed by atoms with Crippen LogP contribution in [0.5, 0.6) is 0 Å². The van der Waals surface area contributed by atoms with Gasteiger partial charge < -0.3 is 0 Å². The standard InChI is InChI=1S/C18H15N5OS2/c1-11-8-14(13-6-4-3-5-7-13)21-17(19-11)25-10-15-22-23-16(24)9-12(2)20-18(23)26-15/h3-9H,10H2,1-2H3. The van der Waals surface area contributed by atoms with Crippen molar-refractivity contribution in [3.8, 4) is 11.3 Å². The van der Waals surface area contributed by atoms with E-state index in [1.165, 1.54) is 33.7 Å². The highest BCUT2D eigenvalue weighted by Gasteiger charge is 2.10. The van der Waals surface area contributed by atoms with Crippen LogP contribution in [0.1, 0.15) is 16.4 Å². The van der Waals surface area contributed by atoms with Crippen molar-refractivity contribution in [1.29, 1.82) is 0 Å². The average molecular weight is 381 g/mol. The third-order valence-electron chi connectivity index (χ3n) is 3.64. The smallest absolute Gasteiger partial charge is 0.267 e. The van der Waals surface area contributed by atoms with Crippen LogP contribution in [0.25, 0.3) is 16.2 Å². The molecule has 4 aromatic rings. The number of hydrogen-bond donors (Lipinski definition) is 0. The number of fused-ring (bicyclic) bond motifs is 1. The molecule has 1 aromatic carbocycles. The first-order valence-electron chi connectivity index (χ1n) is 7.99. The first-order valence-corrected chi connectivity index (χ1v) is 9.79. The molecule has 0 aliphatic carbocycles. The first-order chi connectivity index (χ1) is 12.6. The molecule has 0 saturated carbocycles. The van der Waals surface area contributed by atoms with Crippen LogP contribution in [0.15, 0.2) is 52.4 Å². The quantitative estimate of drug-likeness (QED) is 0.398. The van der Waals surface area contributed by atoms with Crippen LogP contribution < -0.4 is 5.56 Å². The van der Waals surface area contributed by atoms with Gasteiger partial charge in [0.25, 0.3) is 5.56 Å². The predicted octanol–water partition coefficient (Wildman–Crippen LogP) is 3.52.